The summed E-state index contributed by atoms with van der Waals surface area (Å²) in [6.07, 6.45) is 0.880. The SMILES string of the molecule is COCC(C)CC(=O)Cc1ccc(F)cc1C. The highest BCUT2D eigenvalue weighted by Crippen LogP contribution is 2.13. The summed E-state index contributed by atoms with van der Waals surface area (Å²) in [7, 11) is 1.63. The third-order valence-corrected chi connectivity index (χ3v) is 2.72. The molecule has 0 fully saturated rings. The normalized spacial score (nSPS) is 12.5. The Morgan fingerprint density at radius 2 is 2.18 bits per heavy atom. The van der Waals surface area contributed by atoms with Crippen LogP contribution in [0.1, 0.15) is 24.5 Å². The lowest BCUT2D eigenvalue weighted by Crippen LogP contribution is -2.12. The van der Waals surface area contributed by atoms with Crippen LogP contribution < -0.4 is 0 Å². The fraction of sp³-hybridized carbons (Fsp3) is 0.500. The summed E-state index contributed by atoms with van der Waals surface area (Å²) in [5, 5.41) is 0. The molecule has 1 aromatic rings. The maximum Gasteiger partial charge on any atom is 0.137 e. The Bertz CT molecular complexity index is 388. The summed E-state index contributed by atoms with van der Waals surface area (Å²) >= 11 is 0. The average Bonchev–Trinajstić information content (AvgIpc) is 2.22. The summed E-state index contributed by atoms with van der Waals surface area (Å²) in [5.74, 6) is 0.143. The van der Waals surface area contributed by atoms with Gasteiger partial charge in [0.05, 0.1) is 0 Å². The average molecular weight is 238 g/mol. The van der Waals surface area contributed by atoms with Gasteiger partial charge in [0.25, 0.3) is 0 Å². The molecule has 1 aromatic carbocycles. The molecule has 0 saturated carbocycles. The van der Waals surface area contributed by atoms with E-state index in [9.17, 15) is 9.18 Å². The highest BCUT2D eigenvalue weighted by Gasteiger charge is 2.11. The first kappa shape index (κ1) is 13.8. The molecule has 0 saturated heterocycles. The van der Waals surface area contributed by atoms with Crippen LogP contribution in [0, 0.1) is 18.7 Å². The Kier molecular flexibility index (Phi) is 5.29. The van der Waals surface area contributed by atoms with Gasteiger partial charge in [-0.1, -0.05) is 13.0 Å². The van der Waals surface area contributed by atoms with Gasteiger partial charge in [-0.3, -0.25) is 4.79 Å². The van der Waals surface area contributed by atoms with E-state index in [-0.39, 0.29) is 17.5 Å². The first-order valence-electron chi connectivity index (χ1n) is 5.78. The molecule has 0 amide bonds. The molecule has 1 rings (SSSR count). The summed E-state index contributed by atoms with van der Waals surface area (Å²) in [6, 6.07) is 4.54. The molecule has 0 radical (unpaired) electrons. The molecule has 17 heavy (non-hydrogen) atoms. The summed E-state index contributed by atoms with van der Waals surface area (Å²) in [4.78, 5) is 11.8. The molecule has 1 atom stereocenters. The van der Waals surface area contributed by atoms with Crippen LogP contribution in [-0.4, -0.2) is 19.5 Å². The molecule has 0 aromatic heterocycles. The smallest absolute Gasteiger partial charge is 0.137 e. The number of carbonyl (C=O) groups is 1. The molecule has 0 aliphatic heterocycles. The molecule has 2 nitrogen and oxygen atoms in total. The van der Waals surface area contributed by atoms with Crippen LogP contribution in [0.25, 0.3) is 0 Å². The summed E-state index contributed by atoms with van der Waals surface area (Å²) in [5.41, 5.74) is 1.73. The van der Waals surface area contributed by atoms with Gasteiger partial charge < -0.3 is 4.74 Å². The Morgan fingerprint density at radius 3 is 2.76 bits per heavy atom. The molecule has 0 bridgehead atoms. The molecule has 0 heterocycles. The fourth-order valence-electron chi connectivity index (χ4n) is 1.87. The van der Waals surface area contributed by atoms with Gasteiger partial charge in [0.1, 0.15) is 11.6 Å². The van der Waals surface area contributed by atoms with E-state index in [0.717, 1.165) is 11.1 Å². The minimum atomic E-state index is -0.258. The van der Waals surface area contributed by atoms with Gasteiger partial charge in [-0.15, -0.1) is 0 Å². The highest BCUT2D eigenvalue weighted by molar-refractivity contribution is 5.81. The fourth-order valence-corrected chi connectivity index (χ4v) is 1.87. The first-order valence-corrected chi connectivity index (χ1v) is 5.78. The molecule has 0 spiro atoms. The second-order valence-corrected chi connectivity index (χ2v) is 4.55. The number of ketones is 1. The topological polar surface area (TPSA) is 26.3 Å². The van der Waals surface area contributed by atoms with E-state index >= 15 is 0 Å². The molecule has 1 unspecified atom stereocenters. The largest absolute Gasteiger partial charge is 0.384 e. The lowest BCUT2D eigenvalue weighted by molar-refractivity contribution is -0.119. The number of Topliss-reactive ketones (excluding diaryl/α,β-unsaturated/α-hetero) is 1. The molecular weight excluding hydrogens is 219 g/mol. The zero-order valence-corrected chi connectivity index (χ0v) is 10.6. The predicted molar refractivity (Wildman–Crippen MR) is 65.5 cm³/mol. The third kappa shape index (κ3) is 4.65. The van der Waals surface area contributed by atoms with Gasteiger partial charge in [0.15, 0.2) is 0 Å². The van der Waals surface area contributed by atoms with Crippen molar-refractivity contribution in [1.29, 1.82) is 0 Å². The number of hydrogen-bond donors (Lipinski definition) is 0. The monoisotopic (exact) mass is 238 g/mol. The van der Waals surface area contributed by atoms with E-state index in [1.54, 1.807) is 13.2 Å². The van der Waals surface area contributed by atoms with Crippen molar-refractivity contribution in [2.24, 2.45) is 5.92 Å². The molecule has 0 aliphatic rings. The van der Waals surface area contributed by atoms with Crippen LogP contribution in [0.3, 0.4) is 0 Å². The Balaban J connectivity index is 2.56. The lowest BCUT2D eigenvalue weighted by atomic mass is 9.98. The molecule has 0 N–H and O–H groups in total. The van der Waals surface area contributed by atoms with Crippen molar-refractivity contribution in [3.63, 3.8) is 0 Å². The summed E-state index contributed by atoms with van der Waals surface area (Å²) < 4.78 is 17.9. The van der Waals surface area contributed by atoms with E-state index in [1.165, 1.54) is 12.1 Å². The first-order chi connectivity index (χ1) is 8.02. The zero-order chi connectivity index (χ0) is 12.8. The van der Waals surface area contributed by atoms with E-state index in [2.05, 4.69) is 0 Å². The van der Waals surface area contributed by atoms with Gasteiger partial charge >= 0.3 is 0 Å². The number of aryl methyl sites for hydroxylation is 1. The third-order valence-electron chi connectivity index (χ3n) is 2.72. The highest BCUT2D eigenvalue weighted by atomic mass is 19.1. The Labute approximate surface area is 102 Å². The van der Waals surface area contributed by atoms with Gasteiger partial charge in [-0.05, 0) is 36.1 Å². The van der Waals surface area contributed by atoms with Crippen LogP contribution in [0.15, 0.2) is 18.2 Å². The molecule has 3 heteroatoms. The van der Waals surface area contributed by atoms with Crippen LogP contribution >= 0.6 is 0 Å². The predicted octanol–water partition coefficient (Wildman–Crippen LogP) is 2.92. The van der Waals surface area contributed by atoms with Crippen molar-refractivity contribution in [3.05, 3.63) is 35.1 Å². The minimum absolute atomic E-state index is 0.171. The second-order valence-electron chi connectivity index (χ2n) is 4.55. The van der Waals surface area contributed by atoms with Crippen molar-refractivity contribution in [2.75, 3.05) is 13.7 Å². The number of ether oxygens (including phenoxy) is 1. The van der Waals surface area contributed by atoms with Crippen molar-refractivity contribution in [3.8, 4) is 0 Å². The number of methoxy groups -OCH3 is 1. The molecule has 94 valence electrons. The number of halogens is 1. The van der Waals surface area contributed by atoms with Crippen molar-refractivity contribution < 1.29 is 13.9 Å². The number of benzene rings is 1. The van der Waals surface area contributed by atoms with E-state index in [4.69, 9.17) is 4.74 Å². The maximum atomic E-state index is 12.9. The maximum absolute atomic E-state index is 12.9. The molecular formula is C14H19FO2. The minimum Gasteiger partial charge on any atom is -0.384 e. The second kappa shape index (κ2) is 6.50. The van der Waals surface area contributed by atoms with Crippen LogP contribution in [0.4, 0.5) is 4.39 Å². The number of rotatable bonds is 6. The van der Waals surface area contributed by atoms with Gasteiger partial charge in [-0.2, -0.15) is 0 Å². The standard InChI is InChI=1S/C14H19FO2/c1-10(9-17-3)6-14(16)8-12-4-5-13(15)7-11(12)2/h4-5,7,10H,6,8-9H2,1-3H3. The summed E-state index contributed by atoms with van der Waals surface area (Å²) in [6.45, 7) is 4.40. The van der Waals surface area contributed by atoms with Crippen LogP contribution in [0.2, 0.25) is 0 Å². The Morgan fingerprint density at radius 1 is 1.47 bits per heavy atom. The number of hydrogen-bond acceptors (Lipinski definition) is 2. The van der Waals surface area contributed by atoms with Gasteiger partial charge in [0.2, 0.25) is 0 Å². The van der Waals surface area contributed by atoms with Crippen molar-refractivity contribution in [1.82, 2.24) is 0 Å². The van der Waals surface area contributed by atoms with Crippen molar-refractivity contribution >= 4 is 5.78 Å². The number of carbonyl (C=O) groups excluding carboxylic acids is 1. The van der Waals surface area contributed by atoms with Crippen molar-refractivity contribution in [2.45, 2.75) is 26.7 Å². The Hall–Kier alpha value is -1.22. The van der Waals surface area contributed by atoms with E-state index in [0.29, 0.717) is 19.4 Å². The van der Waals surface area contributed by atoms with Crippen LogP contribution in [-0.2, 0) is 16.0 Å². The zero-order valence-electron chi connectivity index (χ0n) is 10.6. The molecule has 0 aliphatic carbocycles. The van der Waals surface area contributed by atoms with E-state index in [1.807, 2.05) is 13.8 Å². The van der Waals surface area contributed by atoms with Gasteiger partial charge in [0, 0.05) is 26.6 Å². The lowest BCUT2D eigenvalue weighted by Gasteiger charge is -2.10. The van der Waals surface area contributed by atoms with Gasteiger partial charge in [-0.25, -0.2) is 4.39 Å². The van der Waals surface area contributed by atoms with Crippen LogP contribution in [0.5, 0.6) is 0 Å². The quantitative estimate of drug-likeness (QED) is 0.761. The van der Waals surface area contributed by atoms with E-state index < -0.39 is 0 Å².